The molecule has 0 amide bonds. The maximum atomic E-state index is 6.96. The van der Waals surface area contributed by atoms with Crippen LogP contribution in [0.3, 0.4) is 0 Å². The van der Waals surface area contributed by atoms with Crippen LogP contribution in [-0.4, -0.2) is 0 Å². The highest BCUT2D eigenvalue weighted by atomic mass is 32.1. The molecule has 0 aliphatic rings. The molecule has 0 bridgehead atoms. The molecule has 0 radical (unpaired) electrons. The normalized spacial score (nSPS) is 11.8. The Morgan fingerprint density at radius 2 is 0.875 bits per heavy atom. The third kappa shape index (κ3) is 4.03. The van der Waals surface area contributed by atoms with Gasteiger partial charge in [0.1, 0.15) is 11.2 Å². The molecule has 224 valence electrons. The number of furan rings is 1. The maximum absolute atomic E-state index is 6.96. The van der Waals surface area contributed by atoms with Crippen molar-refractivity contribution >= 4 is 64.9 Å². The van der Waals surface area contributed by atoms with Gasteiger partial charge in [0.15, 0.2) is 0 Å². The molecule has 8 aromatic carbocycles. The molecular weight excluding hydrogens is 601 g/mol. The quantitative estimate of drug-likeness (QED) is 0.177. The van der Waals surface area contributed by atoms with E-state index in [1.54, 1.807) is 0 Å². The Hall–Kier alpha value is -5.96. The predicted molar refractivity (Wildman–Crippen MR) is 206 cm³/mol. The lowest BCUT2D eigenvalue weighted by atomic mass is 9.85. The molecule has 2 aromatic heterocycles. The summed E-state index contributed by atoms with van der Waals surface area (Å²) in [4.78, 5) is 1.26. The molecule has 0 atom stereocenters. The number of thiophene rings is 1. The summed E-state index contributed by atoms with van der Waals surface area (Å²) in [5, 5.41) is 8.46. The summed E-state index contributed by atoms with van der Waals surface area (Å²) in [5.41, 5.74) is 10.4. The van der Waals surface area contributed by atoms with Crippen molar-refractivity contribution in [2.75, 3.05) is 0 Å². The number of benzene rings is 8. The highest BCUT2D eigenvalue weighted by molar-refractivity contribution is 7.23. The summed E-state index contributed by atoms with van der Waals surface area (Å²) in [5.74, 6) is 0. The zero-order chi connectivity index (χ0) is 31.6. The Bertz CT molecular complexity index is 2750. The molecule has 0 N–H and O–H groups in total. The van der Waals surface area contributed by atoms with E-state index in [1.165, 1.54) is 75.5 Å². The first kappa shape index (κ1) is 27.2. The smallest absolute Gasteiger partial charge is 0.144 e. The van der Waals surface area contributed by atoms with Gasteiger partial charge in [-0.2, -0.15) is 0 Å². The van der Waals surface area contributed by atoms with Crippen LogP contribution in [0.1, 0.15) is 0 Å². The van der Waals surface area contributed by atoms with Crippen molar-refractivity contribution in [3.05, 3.63) is 170 Å². The summed E-state index contributed by atoms with van der Waals surface area (Å²) in [6.07, 6.45) is 0. The van der Waals surface area contributed by atoms with E-state index in [9.17, 15) is 0 Å². The van der Waals surface area contributed by atoms with Gasteiger partial charge in [0.05, 0.1) is 0 Å². The monoisotopic (exact) mass is 628 g/mol. The number of rotatable bonds is 4. The van der Waals surface area contributed by atoms with Crippen LogP contribution >= 0.6 is 11.3 Å². The van der Waals surface area contributed by atoms with E-state index in [-0.39, 0.29) is 0 Å². The Morgan fingerprint density at radius 1 is 0.354 bits per heavy atom. The van der Waals surface area contributed by atoms with E-state index in [0.29, 0.717) is 0 Å². The number of fused-ring (bicyclic) bond motifs is 7. The number of hydrogen-bond acceptors (Lipinski definition) is 2. The van der Waals surface area contributed by atoms with Crippen LogP contribution in [0, 0.1) is 0 Å². The van der Waals surface area contributed by atoms with Crippen molar-refractivity contribution in [1.82, 2.24) is 0 Å². The zero-order valence-electron chi connectivity index (χ0n) is 26.0. The Kier molecular flexibility index (Phi) is 6.12. The average Bonchev–Trinajstić information content (AvgIpc) is 3.74. The van der Waals surface area contributed by atoms with Gasteiger partial charge in [-0.15, -0.1) is 11.3 Å². The van der Waals surface area contributed by atoms with Gasteiger partial charge in [-0.3, -0.25) is 0 Å². The largest absolute Gasteiger partial charge is 0.455 e. The topological polar surface area (TPSA) is 13.1 Å². The van der Waals surface area contributed by atoms with E-state index in [2.05, 4.69) is 170 Å². The second-order valence-corrected chi connectivity index (χ2v) is 13.4. The van der Waals surface area contributed by atoms with Crippen molar-refractivity contribution in [2.24, 2.45) is 0 Å². The van der Waals surface area contributed by atoms with Gasteiger partial charge in [-0.25, -0.2) is 0 Å². The summed E-state index contributed by atoms with van der Waals surface area (Å²) < 4.78 is 8.19. The minimum absolute atomic E-state index is 0.904. The first-order valence-corrected chi connectivity index (χ1v) is 17.2. The summed E-state index contributed by atoms with van der Waals surface area (Å²) in [7, 11) is 0. The van der Waals surface area contributed by atoms with Gasteiger partial charge in [-0.1, -0.05) is 152 Å². The molecule has 2 heterocycles. The standard InChI is InChI=1S/C46H28OS/c1-4-15-29(16-5-1)40-32-21-10-12-23-34(32)42(35-24-13-11-22-33(35)40)36-25-14-26-38-43(36)37-27-28-39-44(45(37)47-38)41(30-17-6-2-7-18-30)46(48-39)31-19-8-3-9-20-31/h1-28H. The van der Waals surface area contributed by atoms with Crippen LogP contribution in [0.15, 0.2) is 174 Å². The molecule has 0 aliphatic heterocycles. The van der Waals surface area contributed by atoms with E-state index in [1.807, 2.05) is 11.3 Å². The lowest BCUT2D eigenvalue weighted by molar-refractivity contribution is 0.673. The van der Waals surface area contributed by atoms with Crippen molar-refractivity contribution in [2.45, 2.75) is 0 Å². The van der Waals surface area contributed by atoms with Crippen LogP contribution in [-0.2, 0) is 0 Å². The summed E-state index contributed by atoms with van der Waals surface area (Å²) >= 11 is 1.84. The van der Waals surface area contributed by atoms with Crippen LogP contribution in [0.5, 0.6) is 0 Å². The molecular formula is C46H28OS. The summed E-state index contributed by atoms with van der Waals surface area (Å²) in [6.45, 7) is 0. The molecule has 0 unspecified atom stereocenters. The maximum Gasteiger partial charge on any atom is 0.144 e. The fourth-order valence-electron chi connectivity index (χ4n) is 7.68. The van der Waals surface area contributed by atoms with Crippen LogP contribution in [0.4, 0.5) is 0 Å². The third-order valence-corrected chi connectivity index (χ3v) is 10.9. The van der Waals surface area contributed by atoms with E-state index in [4.69, 9.17) is 4.42 Å². The highest BCUT2D eigenvalue weighted by Crippen LogP contribution is 2.51. The highest BCUT2D eigenvalue weighted by Gasteiger charge is 2.24. The Labute approximate surface area is 282 Å². The molecule has 0 saturated heterocycles. The fourth-order valence-corrected chi connectivity index (χ4v) is 8.91. The molecule has 10 aromatic rings. The first-order valence-electron chi connectivity index (χ1n) is 16.4. The van der Waals surface area contributed by atoms with Gasteiger partial charge >= 0.3 is 0 Å². The Balaban J connectivity index is 1.33. The molecule has 0 saturated carbocycles. The molecule has 0 fully saturated rings. The van der Waals surface area contributed by atoms with Gasteiger partial charge in [-0.05, 0) is 73.1 Å². The Morgan fingerprint density at radius 3 is 1.48 bits per heavy atom. The molecule has 48 heavy (non-hydrogen) atoms. The van der Waals surface area contributed by atoms with Crippen molar-refractivity contribution in [3.63, 3.8) is 0 Å². The van der Waals surface area contributed by atoms with Crippen LogP contribution in [0.2, 0.25) is 0 Å². The molecule has 0 spiro atoms. The third-order valence-electron chi connectivity index (χ3n) is 9.68. The molecule has 1 nitrogen and oxygen atoms in total. The van der Waals surface area contributed by atoms with Crippen molar-refractivity contribution in [3.8, 4) is 43.8 Å². The van der Waals surface area contributed by atoms with E-state index >= 15 is 0 Å². The summed E-state index contributed by atoms with van der Waals surface area (Å²) in [6, 6.07) is 61.1. The van der Waals surface area contributed by atoms with E-state index in [0.717, 1.165) is 21.9 Å². The van der Waals surface area contributed by atoms with E-state index < -0.39 is 0 Å². The zero-order valence-corrected chi connectivity index (χ0v) is 26.8. The SMILES string of the molecule is c1ccc(-c2sc3ccc4c(oc5cccc(-c6c7ccccc7c(-c7ccccc7)c7ccccc67)c54)c3c2-c2ccccc2)cc1. The number of hydrogen-bond donors (Lipinski definition) is 0. The lowest BCUT2D eigenvalue weighted by Crippen LogP contribution is -1.91. The fraction of sp³-hybridized carbons (Fsp3) is 0. The first-order chi connectivity index (χ1) is 23.8. The minimum atomic E-state index is 0.904. The van der Waals surface area contributed by atoms with Crippen LogP contribution < -0.4 is 0 Å². The molecule has 10 rings (SSSR count). The second kappa shape index (κ2) is 10.8. The minimum Gasteiger partial charge on any atom is -0.455 e. The van der Waals surface area contributed by atoms with Gasteiger partial charge < -0.3 is 4.42 Å². The van der Waals surface area contributed by atoms with Gasteiger partial charge in [0.25, 0.3) is 0 Å². The average molecular weight is 629 g/mol. The molecule has 0 aliphatic carbocycles. The van der Waals surface area contributed by atoms with Gasteiger partial charge in [0, 0.05) is 31.3 Å². The molecule has 2 heteroatoms. The van der Waals surface area contributed by atoms with Gasteiger partial charge in [0.2, 0.25) is 0 Å². The second-order valence-electron chi connectivity index (χ2n) is 12.3. The predicted octanol–water partition coefficient (Wildman–Crippen LogP) is 13.8. The van der Waals surface area contributed by atoms with Crippen LogP contribution in [0.25, 0.3) is 97.4 Å². The van der Waals surface area contributed by atoms with Crippen molar-refractivity contribution in [1.29, 1.82) is 0 Å². The lowest BCUT2D eigenvalue weighted by Gasteiger charge is -2.18. The van der Waals surface area contributed by atoms with Crippen molar-refractivity contribution < 1.29 is 4.42 Å².